The average Bonchev–Trinajstić information content (AvgIpc) is 1.00. The third-order valence-electron chi connectivity index (χ3n) is 0. The van der Waals surface area contributed by atoms with Gasteiger partial charge in [0, 0.05) is 0 Å². The molecule has 0 saturated heterocycles. The van der Waals surface area contributed by atoms with Crippen LogP contribution in [0.1, 0.15) is 0 Å². The first-order chi connectivity index (χ1) is 1.00. The SMILES string of the molecule is [KH].[NaH].[O]=[Zn].[PbH2]. The molecule has 5 heteroatoms. The summed E-state index contributed by atoms with van der Waals surface area (Å²) in [7, 11) is 0. The van der Waals surface area contributed by atoms with Crippen molar-refractivity contribution in [1.82, 2.24) is 0 Å². The van der Waals surface area contributed by atoms with E-state index in [0.29, 0.717) is 0 Å². The van der Waals surface area contributed by atoms with Crippen molar-refractivity contribution in [2.24, 2.45) is 0 Å². The van der Waals surface area contributed by atoms with E-state index in [1.165, 1.54) is 0 Å². The Hall–Kier alpha value is 3.98. The van der Waals surface area contributed by atoms with Gasteiger partial charge in [-0.1, -0.05) is 0 Å². The molecule has 0 aromatic carbocycles. The zero-order valence-electron chi connectivity index (χ0n) is 1.82. The third kappa shape index (κ3) is 18.0. The Morgan fingerprint density at radius 1 is 1.20 bits per heavy atom. The third-order valence-corrected chi connectivity index (χ3v) is 0. The summed E-state index contributed by atoms with van der Waals surface area (Å²) >= 11 is 0.125. The van der Waals surface area contributed by atoms with Crippen LogP contribution < -0.4 is 0 Å². The van der Waals surface area contributed by atoms with E-state index >= 15 is 0 Å². The van der Waals surface area contributed by atoms with Crippen LogP contribution in [0.2, 0.25) is 0 Å². The molecule has 0 spiro atoms. The molecule has 0 saturated carbocycles. The average molecular weight is 355 g/mol. The van der Waals surface area contributed by atoms with Gasteiger partial charge in [0.1, 0.15) is 0 Å². The first-order valence-corrected chi connectivity index (χ1v) is 1.50. The first kappa shape index (κ1) is 23.1. The van der Waals surface area contributed by atoms with Gasteiger partial charge in [0.15, 0.2) is 0 Å². The van der Waals surface area contributed by atoms with Gasteiger partial charge < -0.3 is 0 Å². The maximum absolute atomic E-state index is 8.38. The predicted molar refractivity (Wildman–Crippen MR) is 23.5 cm³/mol. The molecule has 2 radical (unpaired) electrons. The van der Waals surface area contributed by atoms with E-state index in [1.54, 1.807) is 0 Å². The van der Waals surface area contributed by atoms with E-state index in [1.807, 2.05) is 0 Å². The number of hydrogen-bond donors (Lipinski definition) is 0. The molecule has 0 aromatic rings. The van der Waals surface area contributed by atoms with Gasteiger partial charge in [0.05, 0.1) is 0 Å². The molecular formula is H4KNaOPbZn. The van der Waals surface area contributed by atoms with Crippen LogP contribution >= 0.6 is 0 Å². The van der Waals surface area contributed by atoms with Crippen LogP contribution in [-0.4, -0.2) is 108 Å². The quantitative estimate of drug-likeness (QED) is 0.446. The Bertz CT molecular complexity index is 11.6. The van der Waals surface area contributed by atoms with Crippen LogP contribution in [0.15, 0.2) is 0 Å². The molecule has 0 atom stereocenters. The summed E-state index contributed by atoms with van der Waals surface area (Å²) in [6, 6.07) is 0. The number of rotatable bonds is 0. The molecule has 0 unspecified atom stereocenters. The molecule has 0 bridgehead atoms. The van der Waals surface area contributed by atoms with Crippen LogP contribution in [0, 0.1) is 0 Å². The molecule has 0 heterocycles. The zero-order chi connectivity index (χ0) is 2.00. The van der Waals surface area contributed by atoms with E-state index in [-0.39, 0.29) is 126 Å². The van der Waals surface area contributed by atoms with Crippen LogP contribution in [0.3, 0.4) is 0 Å². The van der Waals surface area contributed by atoms with Gasteiger partial charge in [-0.3, -0.25) is 0 Å². The van der Waals surface area contributed by atoms with Gasteiger partial charge >= 0.3 is 130 Å². The van der Waals surface area contributed by atoms with Crippen molar-refractivity contribution in [2.75, 3.05) is 0 Å². The summed E-state index contributed by atoms with van der Waals surface area (Å²) in [5.74, 6) is 0. The maximum atomic E-state index is 8.38. The van der Waals surface area contributed by atoms with Crippen LogP contribution in [0.25, 0.3) is 0 Å². The molecule has 0 aliphatic carbocycles. The standard InChI is InChI=1S/K.Na.O.Pb.Zn.4H. The van der Waals surface area contributed by atoms with Crippen molar-refractivity contribution in [3.63, 3.8) is 0 Å². The molecule has 0 fully saturated rings. The summed E-state index contributed by atoms with van der Waals surface area (Å²) in [5, 5.41) is 0. The summed E-state index contributed by atoms with van der Waals surface area (Å²) in [6.07, 6.45) is 0. The summed E-state index contributed by atoms with van der Waals surface area (Å²) in [4.78, 5) is 0. The fraction of sp³-hybridized carbons (Fsp3) is 0. The van der Waals surface area contributed by atoms with Crippen molar-refractivity contribution in [2.45, 2.75) is 0 Å². The van der Waals surface area contributed by atoms with E-state index < -0.39 is 0 Å². The minimum atomic E-state index is 0. The molecular weight excluding hydrogens is 351 g/mol. The monoisotopic (exact) mass is 354 g/mol. The van der Waals surface area contributed by atoms with Crippen molar-refractivity contribution >= 4 is 108 Å². The molecule has 0 aliphatic rings. The van der Waals surface area contributed by atoms with Crippen molar-refractivity contribution in [3.05, 3.63) is 0 Å². The Balaban J connectivity index is -0.00000000167. The Morgan fingerprint density at radius 2 is 1.20 bits per heavy atom. The summed E-state index contributed by atoms with van der Waals surface area (Å²) < 4.78 is 8.38. The van der Waals surface area contributed by atoms with Gasteiger partial charge in [-0.15, -0.1) is 0 Å². The van der Waals surface area contributed by atoms with Gasteiger partial charge in [-0.2, -0.15) is 0 Å². The van der Waals surface area contributed by atoms with E-state index in [2.05, 4.69) is 0 Å². The van der Waals surface area contributed by atoms with Crippen LogP contribution in [-0.2, 0) is 21.8 Å². The zero-order valence-corrected chi connectivity index (χ0v) is 10.3. The normalized spacial score (nSPS) is 1.20. The Morgan fingerprint density at radius 3 is 1.20 bits per heavy atom. The predicted octanol–water partition coefficient (Wildman–Crippen LogP) is -2.33. The second-order valence-corrected chi connectivity index (χ2v) is 0. The van der Waals surface area contributed by atoms with Crippen LogP contribution in [0.4, 0.5) is 0 Å². The summed E-state index contributed by atoms with van der Waals surface area (Å²) in [5.41, 5.74) is 0. The second-order valence-electron chi connectivity index (χ2n) is 0. The molecule has 18 valence electrons. The molecule has 0 rings (SSSR count). The molecule has 1 nitrogen and oxygen atoms in total. The van der Waals surface area contributed by atoms with Gasteiger partial charge in [0.25, 0.3) is 0 Å². The fourth-order valence-electron chi connectivity index (χ4n) is 0. The molecule has 0 amide bonds. The van der Waals surface area contributed by atoms with Crippen molar-refractivity contribution in [1.29, 1.82) is 0 Å². The molecule has 0 aromatic heterocycles. The van der Waals surface area contributed by atoms with Crippen LogP contribution in [0.5, 0.6) is 0 Å². The van der Waals surface area contributed by atoms with Crippen molar-refractivity contribution < 1.29 is 21.8 Å². The van der Waals surface area contributed by atoms with E-state index in [0.717, 1.165) is 0 Å². The Kier molecular flexibility index (Phi) is 113. The van der Waals surface area contributed by atoms with Gasteiger partial charge in [-0.25, -0.2) is 0 Å². The molecule has 0 N–H and O–H groups in total. The van der Waals surface area contributed by atoms with E-state index in [9.17, 15) is 0 Å². The number of hydrogen-bond acceptors (Lipinski definition) is 1. The first-order valence-electron chi connectivity index (χ1n) is 0.289. The second kappa shape index (κ2) is 24.5. The molecule has 5 heavy (non-hydrogen) atoms. The topological polar surface area (TPSA) is 17.1 Å². The summed E-state index contributed by atoms with van der Waals surface area (Å²) in [6.45, 7) is 0. The van der Waals surface area contributed by atoms with Gasteiger partial charge in [-0.05, 0) is 0 Å². The Labute approximate surface area is 126 Å². The van der Waals surface area contributed by atoms with E-state index in [4.69, 9.17) is 3.57 Å². The fourth-order valence-corrected chi connectivity index (χ4v) is 0. The van der Waals surface area contributed by atoms with Gasteiger partial charge in [0.2, 0.25) is 0 Å². The van der Waals surface area contributed by atoms with Crippen molar-refractivity contribution in [3.8, 4) is 0 Å². The molecule has 0 aliphatic heterocycles. The minimum absolute atomic E-state index is 0.